The number of rotatable bonds is 2. The molecule has 1 aliphatic carbocycles. The van der Waals surface area contributed by atoms with E-state index >= 15 is 0 Å². The lowest BCUT2D eigenvalue weighted by molar-refractivity contribution is 0.395. The minimum atomic E-state index is -0.341. The molecule has 0 aliphatic heterocycles. The standard InChI is InChI=1S/C10H12ClFN2/c1-14(8-3-2-4-8)10-9(12)5-7(11)6-13-10/h5-6,8H,2-4H2,1H3. The molecule has 4 heteroatoms. The van der Waals surface area contributed by atoms with Crippen molar-refractivity contribution in [3.05, 3.63) is 23.1 Å². The molecule has 76 valence electrons. The topological polar surface area (TPSA) is 16.1 Å². The van der Waals surface area contributed by atoms with E-state index < -0.39 is 0 Å². The quantitative estimate of drug-likeness (QED) is 0.753. The average molecular weight is 215 g/mol. The highest BCUT2D eigenvalue weighted by atomic mass is 35.5. The molecule has 1 aliphatic rings. The molecule has 1 aromatic heterocycles. The normalized spacial score (nSPS) is 16.5. The zero-order valence-electron chi connectivity index (χ0n) is 8.00. The summed E-state index contributed by atoms with van der Waals surface area (Å²) in [7, 11) is 1.88. The predicted molar refractivity (Wildman–Crippen MR) is 55.2 cm³/mol. The summed E-state index contributed by atoms with van der Waals surface area (Å²) in [5.74, 6) is 0.0611. The molecule has 0 radical (unpaired) electrons. The Morgan fingerprint density at radius 1 is 1.57 bits per heavy atom. The van der Waals surface area contributed by atoms with E-state index in [9.17, 15) is 4.39 Å². The van der Waals surface area contributed by atoms with Crippen LogP contribution in [0.3, 0.4) is 0 Å². The van der Waals surface area contributed by atoms with Crippen LogP contribution in [-0.2, 0) is 0 Å². The summed E-state index contributed by atoms with van der Waals surface area (Å²) in [5, 5.41) is 0.341. The van der Waals surface area contributed by atoms with E-state index in [1.165, 1.54) is 18.7 Å². The van der Waals surface area contributed by atoms with Gasteiger partial charge in [-0.05, 0) is 25.3 Å². The first kappa shape index (κ1) is 9.71. The molecule has 1 fully saturated rings. The lowest BCUT2D eigenvalue weighted by Gasteiger charge is -2.35. The Morgan fingerprint density at radius 2 is 2.29 bits per heavy atom. The summed E-state index contributed by atoms with van der Waals surface area (Å²) in [6.07, 6.45) is 4.96. The van der Waals surface area contributed by atoms with Crippen molar-refractivity contribution in [3.63, 3.8) is 0 Å². The second-order valence-electron chi connectivity index (χ2n) is 3.65. The van der Waals surface area contributed by atoms with Gasteiger partial charge in [0.2, 0.25) is 0 Å². The van der Waals surface area contributed by atoms with Gasteiger partial charge in [0.25, 0.3) is 0 Å². The van der Waals surface area contributed by atoms with Gasteiger partial charge >= 0.3 is 0 Å². The molecule has 0 saturated heterocycles. The van der Waals surface area contributed by atoms with Gasteiger partial charge in [0.05, 0.1) is 5.02 Å². The van der Waals surface area contributed by atoms with Gasteiger partial charge in [-0.3, -0.25) is 0 Å². The van der Waals surface area contributed by atoms with Gasteiger partial charge in [-0.15, -0.1) is 0 Å². The van der Waals surface area contributed by atoms with Crippen molar-refractivity contribution in [2.75, 3.05) is 11.9 Å². The van der Waals surface area contributed by atoms with E-state index in [2.05, 4.69) is 4.98 Å². The van der Waals surface area contributed by atoms with Crippen molar-refractivity contribution >= 4 is 17.4 Å². The summed E-state index contributed by atoms with van der Waals surface area (Å²) >= 11 is 5.63. The van der Waals surface area contributed by atoms with Crippen molar-refractivity contribution in [2.45, 2.75) is 25.3 Å². The highest BCUT2D eigenvalue weighted by Gasteiger charge is 2.24. The first-order chi connectivity index (χ1) is 6.68. The summed E-state index contributed by atoms with van der Waals surface area (Å²) in [6, 6.07) is 1.75. The molecule has 1 saturated carbocycles. The monoisotopic (exact) mass is 214 g/mol. The Labute approximate surface area is 87.7 Å². The van der Waals surface area contributed by atoms with E-state index in [-0.39, 0.29) is 5.82 Å². The second-order valence-corrected chi connectivity index (χ2v) is 4.09. The van der Waals surface area contributed by atoms with Crippen LogP contribution >= 0.6 is 11.6 Å². The van der Waals surface area contributed by atoms with E-state index in [4.69, 9.17) is 11.6 Å². The molecule has 14 heavy (non-hydrogen) atoms. The van der Waals surface area contributed by atoms with Crippen molar-refractivity contribution in [2.24, 2.45) is 0 Å². The Bertz CT molecular complexity index is 339. The molecule has 2 nitrogen and oxygen atoms in total. The number of hydrogen-bond acceptors (Lipinski definition) is 2. The molecule has 0 bridgehead atoms. The molecule has 0 unspecified atom stereocenters. The molecule has 0 atom stereocenters. The number of nitrogens with zero attached hydrogens (tertiary/aromatic N) is 2. The number of anilines is 1. The number of aromatic nitrogens is 1. The summed E-state index contributed by atoms with van der Waals surface area (Å²) in [5.41, 5.74) is 0. The molecule has 0 amide bonds. The fraction of sp³-hybridized carbons (Fsp3) is 0.500. The smallest absolute Gasteiger partial charge is 0.167 e. The number of halogens is 2. The first-order valence-corrected chi connectivity index (χ1v) is 5.10. The minimum Gasteiger partial charge on any atom is -0.354 e. The fourth-order valence-corrected chi connectivity index (χ4v) is 1.76. The first-order valence-electron chi connectivity index (χ1n) is 4.72. The number of pyridine rings is 1. The van der Waals surface area contributed by atoms with Gasteiger partial charge < -0.3 is 4.90 Å². The Hall–Kier alpha value is -0.830. The molecule has 2 rings (SSSR count). The maximum atomic E-state index is 13.4. The van der Waals surface area contributed by atoms with Crippen LogP contribution in [0.4, 0.5) is 10.2 Å². The number of hydrogen-bond donors (Lipinski definition) is 0. The lowest BCUT2D eigenvalue weighted by Crippen LogP contribution is -2.38. The molecule has 1 heterocycles. The van der Waals surface area contributed by atoms with Crippen LogP contribution in [0.5, 0.6) is 0 Å². The molecule has 0 spiro atoms. The highest BCUT2D eigenvalue weighted by Crippen LogP contribution is 2.29. The van der Waals surface area contributed by atoms with Gasteiger partial charge in [-0.25, -0.2) is 9.37 Å². The van der Waals surface area contributed by atoms with Crippen LogP contribution in [0.2, 0.25) is 5.02 Å². The van der Waals surface area contributed by atoms with Crippen LogP contribution in [-0.4, -0.2) is 18.1 Å². The largest absolute Gasteiger partial charge is 0.354 e. The third-order valence-corrected chi connectivity index (χ3v) is 2.95. The maximum Gasteiger partial charge on any atom is 0.167 e. The van der Waals surface area contributed by atoms with Crippen molar-refractivity contribution < 1.29 is 4.39 Å². The van der Waals surface area contributed by atoms with Gasteiger partial charge in [-0.1, -0.05) is 11.6 Å². The van der Waals surface area contributed by atoms with Crippen LogP contribution in [0.15, 0.2) is 12.3 Å². The zero-order valence-corrected chi connectivity index (χ0v) is 8.76. The van der Waals surface area contributed by atoms with Crippen LogP contribution in [0, 0.1) is 5.82 Å². The predicted octanol–water partition coefficient (Wildman–Crippen LogP) is 2.86. The zero-order chi connectivity index (χ0) is 10.1. The van der Waals surface area contributed by atoms with Crippen molar-refractivity contribution in [1.82, 2.24) is 4.98 Å². The van der Waals surface area contributed by atoms with E-state index in [1.807, 2.05) is 11.9 Å². The van der Waals surface area contributed by atoms with Gasteiger partial charge in [0.15, 0.2) is 11.6 Å². The average Bonchev–Trinajstić information content (AvgIpc) is 2.00. The van der Waals surface area contributed by atoms with Crippen LogP contribution in [0.1, 0.15) is 19.3 Å². The molecule has 1 aromatic rings. The molecular formula is C10H12ClFN2. The summed E-state index contributed by atoms with van der Waals surface area (Å²) in [6.45, 7) is 0. The summed E-state index contributed by atoms with van der Waals surface area (Å²) in [4.78, 5) is 5.90. The summed E-state index contributed by atoms with van der Waals surface area (Å²) < 4.78 is 13.4. The van der Waals surface area contributed by atoms with Crippen molar-refractivity contribution in [3.8, 4) is 0 Å². The maximum absolute atomic E-state index is 13.4. The van der Waals surface area contributed by atoms with Gasteiger partial charge in [0, 0.05) is 19.3 Å². The molecular weight excluding hydrogens is 203 g/mol. The highest BCUT2D eigenvalue weighted by molar-refractivity contribution is 6.30. The van der Waals surface area contributed by atoms with E-state index in [0.717, 1.165) is 12.8 Å². The van der Waals surface area contributed by atoms with E-state index in [0.29, 0.717) is 16.9 Å². The molecule has 0 aromatic carbocycles. The van der Waals surface area contributed by atoms with Gasteiger partial charge in [0.1, 0.15) is 0 Å². The Balaban J connectivity index is 2.22. The molecule has 0 N–H and O–H groups in total. The Morgan fingerprint density at radius 3 is 2.79 bits per heavy atom. The van der Waals surface area contributed by atoms with Crippen molar-refractivity contribution in [1.29, 1.82) is 0 Å². The second kappa shape index (κ2) is 3.73. The Kier molecular flexibility index (Phi) is 2.59. The lowest BCUT2D eigenvalue weighted by atomic mass is 9.92. The SMILES string of the molecule is CN(c1ncc(Cl)cc1F)C1CCC1. The third-order valence-electron chi connectivity index (χ3n) is 2.74. The fourth-order valence-electron chi connectivity index (χ4n) is 1.61. The van der Waals surface area contributed by atoms with Crippen LogP contribution in [0.25, 0.3) is 0 Å². The minimum absolute atomic E-state index is 0.341. The van der Waals surface area contributed by atoms with E-state index in [1.54, 1.807) is 0 Å². The van der Waals surface area contributed by atoms with Gasteiger partial charge in [-0.2, -0.15) is 0 Å². The third kappa shape index (κ3) is 1.69. The van der Waals surface area contributed by atoms with Crippen LogP contribution < -0.4 is 4.90 Å².